The molecule has 3 aromatic heterocycles. The molecule has 5 heterocycles. The Morgan fingerprint density at radius 1 is 1.10 bits per heavy atom. The van der Waals surface area contributed by atoms with E-state index < -0.39 is 0 Å². The van der Waals surface area contributed by atoms with Crippen LogP contribution in [0.2, 0.25) is 10.2 Å². The number of aromatic amines is 1. The highest BCUT2D eigenvalue weighted by molar-refractivity contribution is 6.31. The fourth-order valence-electron chi connectivity index (χ4n) is 5.36. The number of carbonyl (C=O) groups excluding carboxylic acids is 2. The molecule has 2 amide bonds. The van der Waals surface area contributed by atoms with Crippen LogP contribution in [0.3, 0.4) is 0 Å². The number of pyridine rings is 1. The monoisotopic (exact) mass is 576 g/mol. The summed E-state index contributed by atoms with van der Waals surface area (Å²) in [4.78, 5) is 33.1. The third-order valence-corrected chi connectivity index (χ3v) is 7.87. The Morgan fingerprint density at radius 3 is 2.77 bits per heavy atom. The molecule has 2 aliphatic rings. The molecule has 2 atom stereocenters. The van der Waals surface area contributed by atoms with Crippen molar-refractivity contribution in [2.24, 2.45) is 5.92 Å². The summed E-state index contributed by atoms with van der Waals surface area (Å²) >= 11 is 12.4. The first kappa shape index (κ1) is 26.2. The van der Waals surface area contributed by atoms with Gasteiger partial charge in [-0.1, -0.05) is 41.8 Å². The van der Waals surface area contributed by atoms with Gasteiger partial charge in [0.05, 0.1) is 41.2 Å². The molecule has 2 aliphatic heterocycles. The van der Waals surface area contributed by atoms with Crippen molar-refractivity contribution in [3.8, 4) is 16.9 Å². The first-order chi connectivity index (χ1) is 19.4. The summed E-state index contributed by atoms with van der Waals surface area (Å²) in [7, 11) is 0. The van der Waals surface area contributed by atoms with Gasteiger partial charge in [0, 0.05) is 40.9 Å². The summed E-state index contributed by atoms with van der Waals surface area (Å²) in [5.41, 5.74) is 5.35. The van der Waals surface area contributed by atoms with E-state index in [1.807, 2.05) is 36.1 Å². The minimum Gasteiger partial charge on any atom is -0.330 e. The highest BCUT2D eigenvalue weighted by atomic mass is 35.5. The fraction of sp³-hybridized carbons (Fsp3) is 0.286. The van der Waals surface area contributed by atoms with Crippen LogP contribution in [0.5, 0.6) is 0 Å². The predicted molar refractivity (Wildman–Crippen MR) is 152 cm³/mol. The number of hydrogen-bond acceptors (Lipinski definition) is 6. The van der Waals surface area contributed by atoms with E-state index in [0.29, 0.717) is 42.2 Å². The number of benzene rings is 1. The molecule has 1 aromatic carbocycles. The number of anilines is 1. The second-order valence-electron chi connectivity index (χ2n) is 10.1. The maximum absolute atomic E-state index is 13.7. The van der Waals surface area contributed by atoms with Gasteiger partial charge in [-0.3, -0.25) is 19.7 Å². The summed E-state index contributed by atoms with van der Waals surface area (Å²) in [5.74, 6) is -0.355. The number of hydrogen-bond donors (Lipinski definition) is 2. The van der Waals surface area contributed by atoms with E-state index in [2.05, 4.69) is 30.8 Å². The van der Waals surface area contributed by atoms with E-state index in [0.717, 1.165) is 34.5 Å². The molecular weight excluding hydrogens is 551 g/mol. The van der Waals surface area contributed by atoms with Gasteiger partial charge in [-0.2, -0.15) is 5.10 Å². The van der Waals surface area contributed by atoms with Gasteiger partial charge < -0.3 is 10.2 Å². The van der Waals surface area contributed by atoms with Crippen molar-refractivity contribution >= 4 is 46.3 Å². The van der Waals surface area contributed by atoms with E-state index >= 15 is 0 Å². The van der Waals surface area contributed by atoms with Gasteiger partial charge in [-0.05, 0) is 55.2 Å². The maximum Gasteiger partial charge on any atom is 0.247 e. The van der Waals surface area contributed by atoms with Gasteiger partial charge in [0.15, 0.2) is 5.15 Å². The topological polar surface area (TPSA) is 122 Å². The van der Waals surface area contributed by atoms with Gasteiger partial charge in [0.1, 0.15) is 0 Å². The summed E-state index contributed by atoms with van der Waals surface area (Å²) < 4.78 is 1.58. The van der Waals surface area contributed by atoms with E-state index in [1.165, 1.54) is 0 Å². The van der Waals surface area contributed by atoms with Crippen LogP contribution in [-0.4, -0.2) is 53.4 Å². The minimum atomic E-state index is -0.251. The zero-order valence-electron chi connectivity index (χ0n) is 21.6. The van der Waals surface area contributed by atoms with Crippen molar-refractivity contribution < 1.29 is 9.59 Å². The molecule has 10 nitrogen and oxygen atoms in total. The van der Waals surface area contributed by atoms with Crippen LogP contribution in [0.25, 0.3) is 22.5 Å². The zero-order chi connectivity index (χ0) is 27.8. The SMILES string of the molecule is CC1CCCC(N2CCC(c3cc(Cl)ccc3-n3cc(Cl)nn3)=CC2=O)c2cc(ccn2)-c2[nH]ncc2NC1=O. The molecule has 6 rings (SSSR count). The third-order valence-electron chi connectivity index (χ3n) is 7.47. The number of aromatic nitrogens is 6. The number of H-pyrrole nitrogens is 1. The number of amides is 2. The molecule has 0 aliphatic carbocycles. The number of halogens is 2. The van der Waals surface area contributed by atoms with Crippen molar-refractivity contribution in [1.29, 1.82) is 0 Å². The van der Waals surface area contributed by atoms with Crippen LogP contribution in [0.4, 0.5) is 5.69 Å². The van der Waals surface area contributed by atoms with Crippen LogP contribution >= 0.6 is 23.2 Å². The van der Waals surface area contributed by atoms with Gasteiger partial charge in [-0.25, -0.2) is 4.68 Å². The Kier molecular flexibility index (Phi) is 7.12. The van der Waals surface area contributed by atoms with Gasteiger partial charge in [0.2, 0.25) is 11.8 Å². The van der Waals surface area contributed by atoms with Crippen LogP contribution in [0.1, 0.15) is 49.9 Å². The average molecular weight is 577 g/mol. The van der Waals surface area contributed by atoms with Gasteiger partial charge >= 0.3 is 0 Å². The lowest BCUT2D eigenvalue weighted by atomic mass is 9.93. The van der Waals surface area contributed by atoms with E-state index in [4.69, 9.17) is 23.2 Å². The second-order valence-corrected chi connectivity index (χ2v) is 10.9. The van der Waals surface area contributed by atoms with E-state index in [-0.39, 0.29) is 28.9 Å². The molecule has 2 N–H and O–H groups in total. The Morgan fingerprint density at radius 2 is 1.98 bits per heavy atom. The number of nitrogens with zero attached hydrogens (tertiary/aromatic N) is 6. The molecule has 0 saturated carbocycles. The van der Waals surface area contributed by atoms with Crippen molar-refractivity contribution in [2.75, 3.05) is 11.9 Å². The smallest absolute Gasteiger partial charge is 0.247 e. The highest BCUT2D eigenvalue weighted by Crippen LogP contribution is 2.36. The van der Waals surface area contributed by atoms with Gasteiger partial charge in [-0.15, -0.1) is 5.10 Å². The van der Waals surface area contributed by atoms with Crippen molar-refractivity contribution in [1.82, 2.24) is 35.1 Å². The lowest BCUT2D eigenvalue weighted by molar-refractivity contribution is -0.129. The van der Waals surface area contributed by atoms with Gasteiger partial charge in [0.25, 0.3) is 0 Å². The molecule has 2 bridgehead atoms. The van der Waals surface area contributed by atoms with Crippen LogP contribution in [0.15, 0.2) is 55.0 Å². The Labute approximate surface area is 240 Å². The Balaban J connectivity index is 1.35. The van der Waals surface area contributed by atoms with E-state index in [9.17, 15) is 9.59 Å². The van der Waals surface area contributed by atoms with Crippen LogP contribution < -0.4 is 5.32 Å². The molecule has 0 fully saturated rings. The van der Waals surface area contributed by atoms with Crippen molar-refractivity contribution in [3.63, 3.8) is 0 Å². The second kappa shape index (κ2) is 10.9. The molecular formula is C28H26Cl2N8O2. The Bertz CT molecular complexity index is 1630. The molecule has 12 heteroatoms. The summed E-state index contributed by atoms with van der Waals surface area (Å²) in [6.07, 6.45) is 9.36. The number of fused-ring (bicyclic) bond motifs is 4. The summed E-state index contributed by atoms with van der Waals surface area (Å²) in [6.45, 7) is 2.41. The number of nitrogens with one attached hydrogen (secondary N) is 2. The zero-order valence-corrected chi connectivity index (χ0v) is 23.2. The normalized spacial score (nSPS) is 19.8. The fourth-order valence-corrected chi connectivity index (χ4v) is 5.66. The molecule has 0 saturated heterocycles. The number of rotatable bonds is 3. The average Bonchev–Trinajstić information content (AvgIpc) is 3.59. The molecule has 0 radical (unpaired) electrons. The lowest BCUT2D eigenvalue weighted by Crippen LogP contribution is -2.38. The first-order valence-corrected chi connectivity index (χ1v) is 13.8. The largest absolute Gasteiger partial charge is 0.330 e. The minimum absolute atomic E-state index is 0.0540. The lowest BCUT2D eigenvalue weighted by Gasteiger charge is -2.34. The standard InChI is InChI=1S/C28H26Cl2N8O2/c1-16-3-2-4-24(21-11-18(7-9-31-21)27-22(14-32-35-27)33-28(16)40)37-10-8-17(12-26(37)39)20-13-19(29)5-6-23(20)38-15-25(30)34-36-38/h5-7,9,11-16,24H,2-4,8,10H2,1H3,(H,32,35)(H,33,40). The predicted octanol–water partition coefficient (Wildman–Crippen LogP) is 5.47. The van der Waals surface area contributed by atoms with Crippen molar-refractivity contribution in [3.05, 3.63) is 76.4 Å². The maximum atomic E-state index is 13.7. The first-order valence-electron chi connectivity index (χ1n) is 13.1. The molecule has 2 unspecified atom stereocenters. The number of carbonyl (C=O) groups is 2. The summed E-state index contributed by atoms with van der Waals surface area (Å²) in [6, 6.07) is 9.02. The quantitative estimate of drug-likeness (QED) is 0.333. The molecule has 204 valence electrons. The van der Waals surface area contributed by atoms with E-state index in [1.54, 1.807) is 35.4 Å². The summed E-state index contributed by atoms with van der Waals surface area (Å²) in [5, 5.41) is 18.9. The van der Waals surface area contributed by atoms with Crippen LogP contribution in [-0.2, 0) is 9.59 Å². The molecule has 4 aromatic rings. The Hall–Kier alpha value is -4.02. The molecule has 0 spiro atoms. The highest BCUT2D eigenvalue weighted by Gasteiger charge is 2.30. The van der Waals surface area contributed by atoms with Crippen molar-refractivity contribution in [2.45, 2.75) is 38.6 Å². The molecule has 40 heavy (non-hydrogen) atoms. The third kappa shape index (κ3) is 5.12. The van der Waals surface area contributed by atoms with Crippen LogP contribution in [0, 0.1) is 5.92 Å².